The first-order valence-electron chi connectivity index (χ1n) is 10.2. The predicted octanol–water partition coefficient (Wildman–Crippen LogP) is 4.45. The number of methoxy groups -OCH3 is 2. The molecule has 9 nitrogen and oxygen atoms in total. The highest BCUT2D eigenvalue weighted by atomic mass is 35.5. The van der Waals surface area contributed by atoms with E-state index in [-0.39, 0.29) is 11.7 Å². The zero-order chi connectivity index (χ0) is 23.7. The van der Waals surface area contributed by atoms with E-state index in [9.17, 15) is 4.79 Å². The monoisotopic (exact) mass is 494 g/mol. The summed E-state index contributed by atoms with van der Waals surface area (Å²) in [6.07, 6.45) is 3.66. The number of hydrogen-bond acceptors (Lipinski definition) is 7. The quantitative estimate of drug-likeness (QED) is 0.334. The number of hydrogen-bond donors (Lipinski definition) is 1. The molecule has 34 heavy (non-hydrogen) atoms. The van der Waals surface area contributed by atoms with Gasteiger partial charge in [-0.1, -0.05) is 35.5 Å². The first-order chi connectivity index (χ1) is 16.6. The molecular formula is C23H19ClN6O3S. The average Bonchev–Trinajstić information content (AvgIpc) is 3.47. The first-order valence-corrected chi connectivity index (χ1v) is 11.6. The molecule has 0 bridgehead atoms. The largest absolute Gasteiger partial charge is 0.497 e. The number of carbonyl (C=O) groups is 1. The van der Waals surface area contributed by atoms with E-state index >= 15 is 0 Å². The van der Waals surface area contributed by atoms with Crippen molar-refractivity contribution in [2.45, 2.75) is 5.16 Å². The van der Waals surface area contributed by atoms with Crippen LogP contribution in [0.3, 0.4) is 0 Å². The van der Waals surface area contributed by atoms with Crippen LogP contribution >= 0.6 is 23.4 Å². The maximum atomic E-state index is 12.6. The molecule has 0 aliphatic carbocycles. The molecule has 0 radical (unpaired) electrons. The van der Waals surface area contributed by atoms with E-state index in [1.54, 1.807) is 29.8 Å². The molecule has 0 atom stereocenters. The molecular weight excluding hydrogens is 476 g/mol. The second kappa shape index (κ2) is 9.24. The van der Waals surface area contributed by atoms with E-state index < -0.39 is 0 Å². The molecule has 172 valence electrons. The normalized spacial score (nSPS) is 11.1. The van der Waals surface area contributed by atoms with Crippen LogP contribution in [0.1, 0.15) is 0 Å². The van der Waals surface area contributed by atoms with Gasteiger partial charge in [-0.2, -0.15) is 5.10 Å². The van der Waals surface area contributed by atoms with E-state index in [0.29, 0.717) is 33.0 Å². The minimum atomic E-state index is -0.194. The van der Waals surface area contributed by atoms with Crippen molar-refractivity contribution >= 4 is 46.1 Å². The third-order valence-electron chi connectivity index (χ3n) is 5.14. The molecule has 1 N–H and O–H groups in total. The zero-order valence-electron chi connectivity index (χ0n) is 18.2. The van der Waals surface area contributed by atoms with Crippen molar-refractivity contribution in [3.8, 4) is 22.8 Å². The van der Waals surface area contributed by atoms with Crippen LogP contribution in [-0.4, -0.2) is 50.1 Å². The lowest BCUT2D eigenvalue weighted by molar-refractivity contribution is -0.113. The topological polar surface area (TPSA) is 95.0 Å². The number of carbonyl (C=O) groups excluding carboxylic acids is 1. The highest BCUT2D eigenvalue weighted by Gasteiger charge is 2.15. The number of fused-ring (bicyclic) bond motifs is 3. The summed E-state index contributed by atoms with van der Waals surface area (Å²) >= 11 is 7.28. The highest BCUT2D eigenvalue weighted by Crippen LogP contribution is 2.30. The zero-order valence-corrected chi connectivity index (χ0v) is 19.8. The number of aromatic nitrogens is 5. The van der Waals surface area contributed by atoms with Crippen molar-refractivity contribution in [1.29, 1.82) is 0 Å². The summed E-state index contributed by atoms with van der Waals surface area (Å²) in [4.78, 5) is 12.6. The van der Waals surface area contributed by atoms with Gasteiger partial charge in [-0.15, -0.1) is 10.2 Å². The molecule has 0 saturated carbocycles. The summed E-state index contributed by atoms with van der Waals surface area (Å²) in [6, 6.07) is 14.7. The SMILES string of the molecule is COc1ccc(NC(=O)CSc2nnc3c4cc(-c5ccc(Cl)cc5)nn4ccn23)c(OC)c1. The van der Waals surface area contributed by atoms with Gasteiger partial charge in [-0.05, 0) is 30.3 Å². The molecule has 11 heteroatoms. The van der Waals surface area contributed by atoms with Crippen LogP contribution in [-0.2, 0) is 4.79 Å². The number of halogens is 1. The fourth-order valence-electron chi connectivity index (χ4n) is 3.47. The third-order valence-corrected chi connectivity index (χ3v) is 6.34. The minimum absolute atomic E-state index is 0.149. The Morgan fingerprint density at radius 3 is 2.65 bits per heavy atom. The highest BCUT2D eigenvalue weighted by molar-refractivity contribution is 7.99. The lowest BCUT2D eigenvalue weighted by Gasteiger charge is -2.11. The van der Waals surface area contributed by atoms with Crippen molar-refractivity contribution in [3.63, 3.8) is 0 Å². The fraction of sp³-hybridized carbons (Fsp3) is 0.130. The van der Waals surface area contributed by atoms with Gasteiger partial charge in [0.1, 0.15) is 17.0 Å². The first kappa shape index (κ1) is 22.1. The molecule has 5 rings (SSSR count). The number of rotatable bonds is 7. The number of nitrogens with zero attached hydrogens (tertiary/aromatic N) is 5. The maximum Gasteiger partial charge on any atom is 0.234 e. The van der Waals surface area contributed by atoms with Crippen molar-refractivity contribution in [2.75, 3.05) is 25.3 Å². The molecule has 2 aromatic carbocycles. The Morgan fingerprint density at radius 1 is 1.06 bits per heavy atom. The summed E-state index contributed by atoms with van der Waals surface area (Å²) in [5, 5.41) is 17.3. The molecule has 0 unspecified atom stereocenters. The van der Waals surface area contributed by atoms with Crippen molar-refractivity contribution in [3.05, 3.63) is 65.9 Å². The van der Waals surface area contributed by atoms with E-state index in [1.165, 1.54) is 18.9 Å². The molecule has 1 amide bonds. The van der Waals surface area contributed by atoms with Gasteiger partial charge >= 0.3 is 0 Å². The number of nitrogens with one attached hydrogen (secondary N) is 1. The number of anilines is 1. The number of ether oxygens (including phenoxy) is 2. The smallest absolute Gasteiger partial charge is 0.234 e. The Morgan fingerprint density at radius 2 is 1.88 bits per heavy atom. The maximum absolute atomic E-state index is 12.6. The Bertz CT molecular complexity index is 1500. The number of thioether (sulfide) groups is 1. The van der Waals surface area contributed by atoms with Gasteiger partial charge < -0.3 is 14.8 Å². The summed E-state index contributed by atoms with van der Waals surface area (Å²) in [5.74, 6) is 1.12. The number of benzene rings is 2. The number of amides is 1. The summed E-state index contributed by atoms with van der Waals surface area (Å²) in [6.45, 7) is 0. The van der Waals surface area contributed by atoms with E-state index in [1.807, 2.05) is 47.1 Å². The van der Waals surface area contributed by atoms with Gasteiger partial charge in [0.05, 0.1) is 31.4 Å². The van der Waals surface area contributed by atoms with E-state index in [2.05, 4.69) is 20.6 Å². The lowest BCUT2D eigenvalue weighted by Crippen LogP contribution is -2.15. The van der Waals surface area contributed by atoms with Crippen LogP contribution in [0.4, 0.5) is 5.69 Å². The summed E-state index contributed by atoms with van der Waals surface area (Å²) in [5.41, 5.74) is 3.77. The third kappa shape index (κ3) is 4.25. The van der Waals surface area contributed by atoms with E-state index in [4.69, 9.17) is 21.1 Å². The Kier molecular flexibility index (Phi) is 5.99. The molecule has 3 aromatic heterocycles. The average molecular weight is 495 g/mol. The van der Waals surface area contributed by atoms with Crippen molar-refractivity contribution in [1.82, 2.24) is 24.2 Å². The van der Waals surface area contributed by atoms with Crippen LogP contribution in [0.15, 0.2) is 66.1 Å². The second-order valence-electron chi connectivity index (χ2n) is 7.24. The molecule has 0 spiro atoms. The molecule has 0 saturated heterocycles. The fourth-order valence-corrected chi connectivity index (χ4v) is 4.31. The second-order valence-corrected chi connectivity index (χ2v) is 8.62. The van der Waals surface area contributed by atoms with Gasteiger partial charge in [0, 0.05) is 29.0 Å². The standard InChI is InChI=1S/C23H19ClN6O3S/c1-32-16-7-8-17(20(11-16)33-2)25-21(31)13-34-23-27-26-22-19-12-18(14-3-5-15(24)6-4-14)28-30(19)10-9-29(22)23/h3-12H,13H2,1-2H3,(H,25,31). The van der Waals surface area contributed by atoms with Crippen LogP contribution < -0.4 is 14.8 Å². The lowest BCUT2D eigenvalue weighted by atomic mass is 10.1. The van der Waals surface area contributed by atoms with Crippen molar-refractivity contribution < 1.29 is 14.3 Å². The van der Waals surface area contributed by atoms with Crippen molar-refractivity contribution in [2.24, 2.45) is 0 Å². The van der Waals surface area contributed by atoms with Gasteiger partial charge in [0.2, 0.25) is 5.91 Å². The van der Waals surface area contributed by atoms with Gasteiger partial charge in [-0.3, -0.25) is 9.20 Å². The molecule has 5 aromatic rings. The molecule has 0 aliphatic heterocycles. The Labute approximate surface area is 203 Å². The molecule has 0 fully saturated rings. The Balaban J connectivity index is 1.34. The van der Waals surface area contributed by atoms with Crippen LogP contribution in [0.5, 0.6) is 11.5 Å². The van der Waals surface area contributed by atoms with Crippen LogP contribution in [0.25, 0.3) is 22.4 Å². The van der Waals surface area contributed by atoms with Gasteiger partial charge in [0.15, 0.2) is 10.8 Å². The van der Waals surface area contributed by atoms with E-state index in [0.717, 1.165) is 16.8 Å². The van der Waals surface area contributed by atoms with Crippen LogP contribution in [0.2, 0.25) is 5.02 Å². The predicted molar refractivity (Wildman–Crippen MR) is 131 cm³/mol. The minimum Gasteiger partial charge on any atom is -0.497 e. The van der Waals surface area contributed by atoms with Gasteiger partial charge in [-0.25, -0.2) is 4.52 Å². The molecule has 0 aliphatic rings. The summed E-state index contributed by atoms with van der Waals surface area (Å²) in [7, 11) is 3.11. The summed E-state index contributed by atoms with van der Waals surface area (Å²) < 4.78 is 14.1. The van der Waals surface area contributed by atoms with Gasteiger partial charge in [0.25, 0.3) is 0 Å². The van der Waals surface area contributed by atoms with Crippen LogP contribution in [0, 0.1) is 0 Å². The Hall–Kier alpha value is -3.76. The molecule has 3 heterocycles.